The van der Waals surface area contributed by atoms with Gasteiger partial charge in [0.05, 0.1) is 0 Å². The smallest absolute Gasteiger partial charge is 0.00202 e. The standard InChI is InChI=1S/C6H11N.C2H6/c1-5-2-6(1)4-7-3-5;1-2/h5-7H,1-4H2;1-2H3. The summed E-state index contributed by atoms with van der Waals surface area (Å²) in [6.45, 7) is 6.60. The highest BCUT2D eigenvalue weighted by atomic mass is 14.9. The maximum absolute atomic E-state index is 3.38. The molecule has 1 nitrogen and oxygen atoms in total. The highest BCUT2D eigenvalue weighted by Crippen LogP contribution is 2.35. The van der Waals surface area contributed by atoms with Crippen LogP contribution in [-0.4, -0.2) is 13.1 Å². The van der Waals surface area contributed by atoms with Crippen molar-refractivity contribution in [1.29, 1.82) is 0 Å². The molecule has 1 saturated carbocycles. The van der Waals surface area contributed by atoms with Crippen LogP contribution in [0.15, 0.2) is 0 Å². The summed E-state index contributed by atoms with van der Waals surface area (Å²) in [5.74, 6) is 2.14. The third-order valence-corrected chi connectivity index (χ3v) is 2.20. The summed E-state index contributed by atoms with van der Waals surface area (Å²) < 4.78 is 0. The number of hydrogen-bond acceptors (Lipinski definition) is 1. The Morgan fingerprint density at radius 3 is 1.56 bits per heavy atom. The van der Waals surface area contributed by atoms with Gasteiger partial charge in [0.25, 0.3) is 0 Å². The van der Waals surface area contributed by atoms with Crippen LogP contribution >= 0.6 is 0 Å². The third-order valence-electron chi connectivity index (χ3n) is 2.20. The van der Waals surface area contributed by atoms with E-state index < -0.39 is 0 Å². The van der Waals surface area contributed by atoms with Crippen molar-refractivity contribution < 1.29 is 0 Å². The Morgan fingerprint density at radius 2 is 1.44 bits per heavy atom. The zero-order valence-corrected chi connectivity index (χ0v) is 6.48. The second-order valence-electron chi connectivity index (χ2n) is 2.86. The molecule has 3 fully saturated rings. The molecular weight excluding hydrogens is 110 g/mol. The molecule has 2 heterocycles. The lowest BCUT2D eigenvalue weighted by Crippen LogP contribution is -2.45. The fourth-order valence-electron chi connectivity index (χ4n) is 1.70. The van der Waals surface area contributed by atoms with Crippen LogP contribution in [0.4, 0.5) is 0 Å². The van der Waals surface area contributed by atoms with Crippen molar-refractivity contribution in [3.05, 3.63) is 0 Å². The molecule has 0 radical (unpaired) electrons. The molecule has 0 spiro atoms. The van der Waals surface area contributed by atoms with Crippen molar-refractivity contribution in [3.8, 4) is 0 Å². The Morgan fingerprint density at radius 1 is 1.00 bits per heavy atom. The first-order valence-electron chi connectivity index (χ1n) is 4.16. The van der Waals surface area contributed by atoms with Crippen molar-refractivity contribution in [2.24, 2.45) is 11.8 Å². The molecule has 0 aromatic heterocycles. The average molecular weight is 127 g/mol. The van der Waals surface area contributed by atoms with E-state index in [0.29, 0.717) is 0 Å². The first kappa shape index (κ1) is 7.07. The minimum Gasteiger partial charge on any atom is -0.316 e. The number of piperidine rings is 2. The third kappa shape index (κ3) is 1.45. The zero-order valence-electron chi connectivity index (χ0n) is 6.48. The van der Waals surface area contributed by atoms with Crippen LogP contribution in [0.5, 0.6) is 0 Å². The van der Waals surface area contributed by atoms with Gasteiger partial charge in [-0.15, -0.1) is 0 Å². The highest BCUT2D eigenvalue weighted by Gasteiger charge is 2.32. The largest absolute Gasteiger partial charge is 0.316 e. The maximum atomic E-state index is 3.38. The topological polar surface area (TPSA) is 12.0 Å². The summed E-state index contributed by atoms with van der Waals surface area (Å²) in [7, 11) is 0. The van der Waals surface area contributed by atoms with Crippen LogP contribution in [0, 0.1) is 11.8 Å². The summed E-state index contributed by atoms with van der Waals surface area (Å²) >= 11 is 0. The van der Waals surface area contributed by atoms with Gasteiger partial charge in [-0.2, -0.15) is 0 Å². The molecule has 1 aliphatic carbocycles. The van der Waals surface area contributed by atoms with Gasteiger partial charge < -0.3 is 5.32 Å². The Hall–Kier alpha value is -0.0400. The van der Waals surface area contributed by atoms with Gasteiger partial charge in [-0.3, -0.25) is 0 Å². The van der Waals surface area contributed by atoms with Crippen LogP contribution < -0.4 is 5.32 Å². The lowest BCUT2D eigenvalue weighted by molar-refractivity contribution is 0.135. The van der Waals surface area contributed by atoms with Crippen LogP contribution in [-0.2, 0) is 0 Å². The first-order chi connectivity index (χ1) is 4.45. The van der Waals surface area contributed by atoms with E-state index >= 15 is 0 Å². The molecular formula is C8H17N. The lowest BCUT2D eigenvalue weighted by Gasteiger charge is -2.41. The molecule has 0 amide bonds. The molecule has 0 atom stereocenters. The summed E-state index contributed by atoms with van der Waals surface area (Å²) in [5.41, 5.74) is 0. The highest BCUT2D eigenvalue weighted by molar-refractivity contribution is 4.87. The Kier molecular flexibility index (Phi) is 2.52. The number of hydrogen-bond donors (Lipinski definition) is 1. The van der Waals surface area contributed by atoms with E-state index in [1.165, 1.54) is 25.9 Å². The molecule has 2 bridgehead atoms. The summed E-state index contributed by atoms with van der Waals surface area (Å²) in [6, 6.07) is 0. The summed E-state index contributed by atoms with van der Waals surface area (Å²) in [5, 5.41) is 3.38. The normalized spacial score (nSPS) is 38.0. The number of nitrogens with one attached hydrogen (secondary N) is 1. The minimum atomic E-state index is 1.07. The van der Waals surface area contributed by atoms with Gasteiger partial charge in [0.2, 0.25) is 0 Å². The average Bonchev–Trinajstić information content (AvgIpc) is 1.93. The predicted octanol–water partition coefficient (Wildman–Crippen LogP) is 1.64. The first-order valence-corrected chi connectivity index (χ1v) is 4.16. The van der Waals surface area contributed by atoms with E-state index in [-0.39, 0.29) is 0 Å². The number of rotatable bonds is 0. The molecule has 2 saturated heterocycles. The quantitative estimate of drug-likeness (QED) is 0.521. The Bertz CT molecular complexity index is 61.1. The lowest BCUT2D eigenvalue weighted by atomic mass is 9.72. The van der Waals surface area contributed by atoms with Crippen LogP contribution in [0.1, 0.15) is 26.7 Å². The summed E-state index contributed by atoms with van der Waals surface area (Å²) in [4.78, 5) is 0. The van der Waals surface area contributed by atoms with Crippen molar-refractivity contribution >= 4 is 0 Å². The molecule has 2 aliphatic heterocycles. The minimum absolute atomic E-state index is 1.07. The molecule has 3 rings (SSSR count). The molecule has 1 N–H and O–H groups in total. The monoisotopic (exact) mass is 127 g/mol. The van der Waals surface area contributed by atoms with Crippen LogP contribution in [0.3, 0.4) is 0 Å². The molecule has 0 aromatic rings. The van der Waals surface area contributed by atoms with E-state index in [2.05, 4.69) is 5.32 Å². The van der Waals surface area contributed by atoms with Crippen molar-refractivity contribution in [2.75, 3.05) is 13.1 Å². The summed E-state index contributed by atoms with van der Waals surface area (Å²) in [6.07, 6.45) is 3.04. The zero-order chi connectivity index (χ0) is 6.69. The van der Waals surface area contributed by atoms with E-state index in [1.54, 1.807) is 0 Å². The van der Waals surface area contributed by atoms with Gasteiger partial charge in [0.1, 0.15) is 0 Å². The molecule has 0 unspecified atom stereocenters. The molecule has 54 valence electrons. The van der Waals surface area contributed by atoms with Gasteiger partial charge >= 0.3 is 0 Å². The Labute approximate surface area is 57.8 Å². The fraction of sp³-hybridized carbons (Fsp3) is 1.00. The second-order valence-corrected chi connectivity index (χ2v) is 2.86. The number of fused-ring (bicyclic) bond motifs is 2. The van der Waals surface area contributed by atoms with Crippen LogP contribution in [0.2, 0.25) is 0 Å². The van der Waals surface area contributed by atoms with Crippen molar-refractivity contribution in [3.63, 3.8) is 0 Å². The Balaban J connectivity index is 0.000000186. The van der Waals surface area contributed by atoms with Crippen LogP contribution in [0.25, 0.3) is 0 Å². The second kappa shape index (κ2) is 3.21. The van der Waals surface area contributed by atoms with Gasteiger partial charge in [0, 0.05) is 0 Å². The van der Waals surface area contributed by atoms with E-state index in [9.17, 15) is 0 Å². The van der Waals surface area contributed by atoms with E-state index in [4.69, 9.17) is 0 Å². The SMILES string of the molecule is C1NCC2CC1C2.CC. The maximum Gasteiger partial charge on any atom is -0.00202 e. The van der Waals surface area contributed by atoms with E-state index in [1.807, 2.05) is 13.8 Å². The van der Waals surface area contributed by atoms with Gasteiger partial charge in [0.15, 0.2) is 0 Å². The van der Waals surface area contributed by atoms with Crippen molar-refractivity contribution in [2.45, 2.75) is 26.7 Å². The van der Waals surface area contributed by atoms with Gasteiger partial charge in [-0.05, 0) is 37.8 Å². The van der Waals surface area contributed by atoms with Gasteiger partial charge in [-0.25, -0.2) is 0 Å². The van der Waals surface area contributed by atoms with Gasteiger partial charge in [-0.1, -0.05) is 13.8 Å². The van der Waals surface area contributed by atoms with E-state index in [0.717, 1.165) is 11.8 Å². The molecule has 1 heteroatoms. The fourth-order valence-corrected chi connectivity index (χ4v) is 1.70. The molecule has 0 aromatic carbocycles. The molecule has 3 aliphatic rings. The molecule has 9 heavy (non-hydrogen) atoms. The predicted molar refractivity (Wildman–Crippen MR) is 40.4 cm³/mol. The van der Waals surface area contributed by atoms with Crippen molar-refractivity contribution in [1.82, 2.24) is 5.32 Å².